The number of amides is 3. The zero-order valence-electron chi connectivity index (χ0n) is 21.7. The lowest BCUT2D eigenvalue weighted by molar-refractivity contribution is -0.119. The lowest BCUT2D eigenvalue weighted by Crippen LogP contribution is -2.42. The highest BCUT2D eigenvalue weighted by Crippen LogP contribution is 2.46. The molecule has 4 heterocycles. The zero-order chi connectivity index (χ0) is 27.1. The van der Waals surface area contributed by atoms with E-state index < -0.39 is 11.8 Å². The van der Waals surface area contributed by atoms with Gasteiger partial charge in [-0.05, 0) is 37.5 Å². The van der Waals surface area contributed by atoms with Crippen LogP contribution in [-0.4, -0.2) is 85.9 Å². The first-order chi connectivity index (χ1) is 18.9. The van der Waals surface area contributed by atoms with Crippen molar-refractivity contribution in [2.24, 2.45) is 10.9 Å². The van der Waals surface area contributed by atoms with Crippen molar-refractivity contribution >= 4 is 40.7 Å². The molecular weight excluding hydrogens is 522 g/mol. The Labute approximate surface area is 231 Å². The van der Waals surface area contributed by atoms with Crippen LogP contribution in [0.1, 0.15) is 41.2 Å². The summed E-state index contributed by atoms with van der Waals surface area (Å²) in [6.45, 7) is 3.24. The maximum atomic E-state index is 13.6. The van der Waals surface area contributed by atoms with Gasteiger partial charge in [-0.1, -0.05) is 17.7 Å². The fourth-order valence-corrected chi connectivity index (χ4v) is 5.90. The average Bonchev–Trinajstić information content (AvgIpc) is 3.70. The van der Waals surface area contributed by atoms with Crippen LogP contribution in [0.5, 0.6) is 0 Å². The SMILES string of the molecule is COC1=CC=CC2=NC(=O)C=C(C(=O)N[C@@H]3CCN(c4c(C(=O)N5CCOCC5)cc(Cl)nc4C4CC4)C3)C12. The molecule has 1 aromatic rings. The van der Waals surface area contributed by atoms with Crippen LogP contribution in [0, 0.1) is 5.92 Å². The molecule has 6 rings (SSSR count). The van der Waals surface area contributed by atoms with Crippen molar-refractivity contribution in [3.63, 3.8) is 0 Å². The van der Waals surface area contributed by atoms with Crippen molar-refractivity contribution < 1.29 is 23.9 Å². The van der Waals surface area contributed by atoms with Crippen LogP contribution in [0.4, 0.5) is 5.69 Å². The molecule has 204 valence electrons. The Morgan fingerprint density at radius 1 is 1.18 bits per heavy atom. The number of dihydropyridines is 1. The van der Waals surface area contributed by atoms with E-state index in [0.717, 1.165) is 24.2 Å². The van der Waals surface area contributed by atoms with Gasteiger partial charge in [0.2, 0.25) is 5.91 Å². The minimum absolute atomic E-state index is 0.0751. The summed E-state index contributed by atoms with van der Waals surface area (Å²) in [5.74, 6) is -0.547. The third kappa shape index (κ3) is 5.10. The predicted octanol–water partition coefficient (Wildman–Crippen LogP) is 2.40. The number of ether oxygens (including phenoxy) is 2. The molecule has 3 aliphatic heterocycles. The normalized spacial score (nSPS) is 24.6. The van der Waals surface area contributed by atoms with Crippen molar-refractivity contribution in [2.45, 2.75) is 31.2 Å². The number of halogens is 1. The monoisotopic (exact) mass is 551 g/mol. The number of fused-ring (bicyclic) bond motifs is 1. The van der Waals surface area contributed by atoms with Crippen LogP contribution in [0.25, 0.3) is 0 Å². The Morgan fingerprint density at radius 3 is 2.72 bits per heavy atom. The molecule has 2 atom stereocenters. The average molecular weight is 552 g/mol. The molecule has 3 amide bonds. The van der Waals surface area contributed by atoms with Crippen LogP contribution in [0.3, 0.4) is 0 Å². The lowest BCUT2D eigenvalue weighted by atomic mass is 9.85. The number of nitrogens with zero attached hydrogens (tertiary/aromatic N) is 4. The molecule has 1 unspecified atom stereocenters. The number of morpholine rings is 1. The van der Waals surface area contributed by atoms with E-state index in [-0.39, 0.29) is 23.8 Å². The first-order valence-corrected chi connectivity index (χ1v) is 13.7. The van der Waals surface area contributed by atoms with Crippen molar-refractivity contribution in [3.8, 4) is 0 Å². The smallest absolute Gasteiger partial charge is 0.270 e. The number of aromatic nitrogens is 1. The van der Waals surface area contributed by atoms with Crippen LogP contribution >= 0.6 is 11.6 Å². The van der Waals surface area contributed by atoms with Gasteiger partial charge in [0.15, 0.2) is 0 Å². The highest BCUT2D eigenvalue weighted by atomic mass is 35.5. The molecule has 0 bridgehead atoms. The summed E-state index contributed by atoms with van der Waals surface area (Å²) in [4.78, 5) is 52.0. The molecular formula is C28H30ClN5O5. The number of anilines is 1. The van der Waals surface area contributed by atoms with Gasteiger partial charge in [-0.15, -0.1) is 0 Å². The third-order valence-electron chi connectivity index (χ3n) is 7.76. The Hall–Kier alpha value is -3.50. The van der Waals surface area contributed by atoms with Crippen molar-refractivity contribution in [1.82, 2.24) is 15.2 Å². The molecule has 10 nitrogen and oxygen atoms in total. The second-order valence-corrected chi connectivity index (χ2v) is 10.7. The van der Waals surface area contributed by atoms with E-state index >= 15 is 0 Å². The maximum absolute atomic E-state index is 13.6. The van der Waals surface area contributed by atoms with Crippen molar-refractivity contribution in [3.05, 3.63) is 58.1 Å². The number of carbonyl (C=O) groups is 3. The van der Waals surface area contributed by atoms with E-state index in [1.807, 2.05) is 0 Å². The Kier molecular flexibility index (Phi) is 6.99. The van der Waals surface area contributed by atoms with Gasteiger partial charge in [-0.25, -0.2) is 9.98 Å². The van der Waals surface area contributed by atoms with E-state index in [9.17, 15) is 14.4 Å². The molecule has 0 radical (unpaired) electrons. The Balaban J connectivity index is 1.23. The van der Waals surface area contributed by atoms with Crippen molar-refractivity contribution in [1.29, 1.82) is 0 Å². The number of aliphatic imine (C=N–C) groups is 1. The van der Waals surface area contributed by atoms with Gasteiger partial charge in [0.25, 0.3) is 11.8 Å². The molecule has 2 saturated heterocycles. The molecule has 39 heavy (non-hydrogen) atoms. The summed E-state index contributed by atoms with van der Waals surface area (Å²) in [5.41, 5.74) is 3.04. The van der Waals surface area contributed by atoms with E-state index in [2.05, 4.69) is 20.2 Å². The Morgan fingerprint density at radius 2 is 1.97 bits per heavy atom. The number of carbonyl (C=O) groups excluding carboxylic acids is 3. The van der Waals surface area contributed by atoms with Crippen LogP contribution < -0.4 is 10.2 Å². The number of allylic oxidation sites excluding steroid dienone is 4. The van der Waals surface area contributed by atoms with Gasteiger partial charge in [0.1, 0.15) is 10.9 Å². The summed E-state index contributed by atoms with van der Waals surface area (Å²) in [7, 11) is 1.54. The maximum Gasteiger partial charge on any atom is 0.270 e. The molecule has 3 fully saturated rings. The molecule has 5 aliphatic rings. The van der Waals surface area contributed by atoms with Crippen LogP contribution in [-0.2, 0) is 19.1 Å². The fourth-order valence-electron chi connectivity index (χ4n) is 5.70. The van der Waals surface area contributed by atoms with Gasteiger partial charge in [-0.2, -0.15) is 0 Å². The van der Waals surface area contributed by atoms with E-state index in [1.54, 1.807) is 29.2 Å². The van der Waals surface area contributed by atoms with Crippen LogP contribution in [0.2, 0.25) is 5.15 Å². The first kappa shape index (κ1) is 25.8. The molecule has 11 heteroatoms. The molecule has 0 aromatic carbocycles. The zero-order valence-corrected chi connectivity index (χ0v) is 22.4. The highest BCUT2D eigenvalue weighted by Gasteiger charge is 2.39. The number of rotatable bonds is 6. The molecule has 2 aliphatic carbocycles. The minimum Gasteiger partial charge on any atom is -0.500 e. The number of hydrogen-bond acceptors (Lipinski definition) is 7. The molecule has 0 spiro atoms. The number of nitrogens with one attached hydrogen (secondary N) is 1. The summed E-state index contributed by atoms with van der Waals surface area (Å²) in [6.07, 6.45) is 9.25. The standard InChI is InChI=1S/C28H30ClN5O5/c1-38-21-4-2-3-20-24(21)18(14-23(35)31-20)27(36)30-17-7-8-34(15-17)26-19(28(37)33-9-11-39-12-10-33)13-22(29)32-25(26)16-5-6-16/h2-4,13-14,16-17,24H,5-12,15H2,1H3,(H,30,36)/t17-,24?/m1/s1. The number of pyridine rings is 1. The second kappa shape index (κ2) is 10.6. The molecule has 1 saturated carbocycles. The summed E-state index contributed by atoms with van der Waals surface area (Å²) in [6, 6.07) is 1.49. The quantitative estimate of drug-likeness (QED) is 0.540. The second-order valence-electron chi connectivity index (χ2n) is 10.4. The van der Waals surface area contributed by atoms with E-state index in [0.29, 0.717) is 73.6 Å². The first-order valence-electron chi connectivity index (χ1n) is 13.3. The van der Waals surface area contributed by atoms with Gasteiger partial charge in [0.05, 0.1) is 48.9 Å². The lowest BCUT2D eigenvalue weighted by Gasteiger charge is -2.30. The van der Waals surface area contributed by atoms with Gasteiger partial charge < -0.3 is 24.6 Å². The number of hydrogen-bond donors (Lipinski definition) is 1. The van der Waals surface area contributed by atoms with E-state index in [1.165, 1.54) is 13.2 Å². The minimum atomic E-state index is -0.519. The Bertz CT molecular complexity index is 1340. The van der Waals surface area contributed by atoms with Crippen molar-refractivity contribution in [2.75, 3.05) is 51.4 Å². The predicted molar refractivity (Wildman–Crippen MR) is 145 cm³/mol. The largest absolute Gasteiger partial charge is 0.500 e. The topological polar surface area (TPSA) is 113 Å². The van der Waals surface area contributed by atoms with Gasteiger partial charge in [0, 0.05) is 49.8 Å². The summed E-state index contributed by atoms with van der Waals surface area (Å²) in [5, 5.41) is 3.43. The fraction of sp³-hybridized carbons (Fsp3) is 0.464. The van der Waals surface area contributed by atoms with Crippen LogP contribution in [0.15, 0.2) is 46.7 Å². The summed E-state index contributed by atoms with van der Waals surface area (Å²) >= 11 is 6.41. The molecule has 1 aromatic heterocycles. The molecule has 1 N–H and O–H groups in total. The van der Waals surface area contributed by atoms with E-state index in [4.69, 9.17) is 21.1 Å². The summed E-state index contributed by atoms with van der Waals surface area (Å²) < 4.78 is 10.9. The van der Waals surface area contributed by atoms with Gasteiger partial charge in [-0.3, -0.25) is 14.4 Å². The number of methoxy groups -OCH3 is 1. The highest BCUT2D eigenvalue weighted by molar-refractivity contribution is 6.30. The third-order valence-corrected chi connectivity index (χ3v) is 7.95. The van der Waals surface area contributed by atoms with Gasteiger partial charge >= 0.3 is 0 Å².